The summed E-state index contributed by atoms with van der Waals surface area (Å²) in [6.07, 6.45) is 6.40. The molecule has 0 fully saturated rings. The van der Waals surface area contributed by atoms with Crippen LogP contribution in [-0.4, -0.2) is 25.0 Å². The second-order valence-electron chi connectivity index (χ2n) is 5.18. The predicted octanol–water partition coefficient (Wildman–Crippen LogP) is 2.21. The molecule has 1 amide bonds. The smallest absolute Gasteiger partial charge is 0.248 e. The zero-order valence-corrected chi connectivity index (χ0v) is 11.6. The Balaban J connectivity index is 2.30. The van der Waals surface area contributed by atoms with Crippen molar-refractivity contribution < 1.29 is 4.79 Å². The van der Waals surface area contributed by atoms with Crippen molar-refractivity contribution in [2.45, 2.75) is 6.42 Å². The van der Waals surface area contributed by atoms with Gasteiger partial charge < -0.3 is 15.6 Å². The number of amides is 1. The predicted molar refractivity (Wildman–Crippen MR) is 82.6 cm³/mol. The molecule has 0 saturated carbocycles. The van der Waals surface area contributed by atoms with Crippen LogP contribution in [0.1, 0.15) is 11.3 Å². The van der Waals surface area contributed by atoms with Crippen LogP contribution in [0.4, 0.5) is 5.69 Å². The number of allylic oxidation sites excluding steroid dienone is 1. The van der Waals surface area contributed by atoms with Crippen LogP contribution >= 0.6 is 0 Å². The number of aromatic nitrogens is 1. The quantitative estimate of drug-likeness (QED) is 0.876. The molecule has 1 aliphatic carbocycles. The fraction of sp³-hybridized carbons (Fsp3) is 0.188. The molecule has 20 heavy (non-hydrogen) atoms. The van der Waals surface area contributed by atoms with Crippen LogP contribution in [0.25, 0.3) is 17.0 Å². The first-order valence-electron chi connectivity index (χ1n) is 6.57. The summed E-state index contributed by atoms with van der Waals surface area (Å²) >= 11 is 0. The van der Waals surface area contributed by atoms with E-state index >= 15 is 0 Å². The lowest BCUT2D eigenvalue weighted by Gasteiger charge is -2.14. The number of nitrogens with one attached hydrogen (secondary N) is 1. The lowest BCUT2D eigenvalue weighted by Crippen LogP contribution is -2.12. The van der Waals surface area contributed by atoms with Crippen LogP contribution in [0.2, 0.25) is 0 Å². The number of primary amides is 1. The number of nitrogens with zero attached hydrogens (tertiary/aromatic N) is 1. The van der Waals surface area contributed by atoms with Gasteiger partial charge >= 0.3 is 0 Å². The first-order valence-corrected chi connectivity index (χ1v) is 6.57. The highest BCUT2D eigenvalue weighted by atomic mass is 16.1. The largest absolute Gasteiger partial charge is 0.377 e. The minimum atomic E-state index is -0.402. The van der Waals surface area contributed by atoms with Crippen molar-refractivity contribution in [3.8, 4) is 0 Å². The maximum Gasteiger partial charge on any atom is 0.248 e. The highest BCUT2D eigenvalue weighted by Gasteiger charge is 2.16. The lowest BCUT2D eigenvalue weighted by atomic mass is 10.1. The highest BCUT2D eigenvalue weighted by Crippen LogP contribution is 2.33. The van der Waals surface area contributed by atoms with Gasteiger partial charge in [-0.3, -0.25) is 4.79 Å². The molecule has 2 aromatic rings. The Bertz CT molecular complexity index is 750. The number of hydrogen-bond donors (Lipinski definition) is 2. The highest BCUT2D eigenvalue weighted by molar-refractivity contribution is 6.03. The van der Waals surface area contributed by atoms with Gasteiger partial charge in [0, 0.05) is 42.0 Å². The third kappa shape index (κ3) is 1.90. The van der Waals surface area contributed by atoms with Gasteiger partial charge in [0.05, 0.1) is 0 Å². The maximum absolute atomic E-state index is 11.4. The molecule has 0 saturated heterocycles. The molecule has 4 nitrogen and oxygen atoms in total. The Morgan fingerprint density at radius 1 is 1.35 bits per heavy atom. The average molecular weight is 267 g/mol. The third-order valence-electron chi connectivity index (χ3n) is 3.62. The molecular weight excluding hydrogens is 250 g/mol. The van der Waals surface area contributed by atoms with Gasteiger partial charge in [0.1, 0.15) is 0 Å². The molecule has 0 spiro atoms. The summed E-state index contributed by atoms with van der Waals surface area (Å²) in [4.78, 5) is 16.9. The molecule has 4 heteroatoms. The summed E-state index contributed by atoms with van der Waals surface area (Å²) in [5.74, 6) is -0.402. The molecule has 3 rings (SSSR count). The van der Waals surface area contributed by atoms with Crippen LogP contribution < -0.4 is 10.6 Å². The number of aromatic amines is 1. The molecule has 1 aromatic heterocycles. The van der Waals surface area contributed by atoms with E-state index in [0.29, 0.717) is 5.57 Å². The van der Waals surface area contributed by atoms with E-state index in [1.165, 1.54) is 16.6 Å². The summed E-state index contributed by atoms with van der Waals surface area (Å²) in [5, 5.41) is 1.21. The molecule has 0 radical (unpaired) electrons. The van der Waals surface area contributed by atoms with Crippen LogP contribution in [0.3, 0.4) is 0 Å². The maximum atomic E-state index is 11.4. The molecule has 0 unspecified atom stereocenters. The van der Waals surface area contributed by atoms with E-state index in [9.17, 15) is 4.79 Å². The van der Waals surface area contributed by atoms with Crippen molar-refractivity contribution in [3.63, 3.8) is 0 Å². The van der Waals surface area contributed by atoms with E-state index in [1.54, 1.807) is 6.08 Å². The number of anilines is 1. The lowest BCUT2D eigenvalue weighted by molar-refractivity contribution is -0.114. The van der Waals surface area contributed by atoms with Gasteiger partial charge in [-0.25, -0.2) is 0 Å². The number of benzene rings is 1. The molecular formula is C16H17N3O. The van der Waals surface area contributed by atoms with Crippen molar-refractivity contribution in [1.82, 2.24) is 4.98 Å². The second kappa shape index (κ2) is 4.56. The van der Waals surface area contributed by atoms with Crippen molar-refractivity contribution in [2.24, 2.45) is 5.73 Å². The van der Waals surface area contributed by atoms with Gasteiger partial charge in [0.15, 0.2) is 0 Å². The molecule has 102 valence electrons. The summed E-state index contributed by atoms with van der Waals surface area (Å²) in [6, 6.07) is 6.18. The van der Waals surface area contributed by atoms with Gasteiger partial charge in [-0.2, -0.15) is 0 Å². The van der Waals surface area contributed by atoms with Gasteiger partial charge in [0.25, 0.3) is 0 Å². The topological polar surface area (TPSA) is 62.1 Å². The van der Waals surface area contributed by atoms with Crippen molar-refractivity contribution in [3.05, 3.63) is 47.2 Å². The zero-order valence-electron chi connectivity index (χ0n) is 11.6. The van der Waals surface area contributed by atoms with Gasteiger partial charge in [0.2, 0.25) is 5.91 Å². The minimum absolute atomic E-state index is 0.402. The first-order chi connectivity index (χ1) is 9.58. The Hall–Kier alpha value is -2.49. The number of hydrogen-bond acceptors (Lipinski definition) is 2. The Morgan fingerprint density at radius 2 is 2.15 bits per heavy atom. The zero-order chi connectivity index (χ0) is 14.3. The second-order valence-corrected chi connectivity index (χ2v) is 5.18. The monoisotopic (exact) mass is 267 g/mol. The number of H-pyrrole nitrogens is 1. The minimum Gasteiger partial charge on any atom is -0.377 e. The molecule has 1 heterocycles. The molecule has 0 aliphatic heterocycles. The Morgan fingerprint density at radius 3 is 2.85 bits per heavy atom. The van der Waals surface area contributed by atoms with E-state index in [-0.39, 0.29) is 0 Å². The molecule has 1 aliphatic rings. The molecule has 3 N–H and O–H groups in total. The number of fused-ring (bicyclic) bond motifs is 3. The SMILES string of the molecule is CN(C)c1cccc2[nH]c3c(c12)CC=CC(C(N)=O)=C3. The van der Waals surface area contributed by atoms with Crippen LogP contribution in [0.5, 0.6) is 0 Å². The standard InChI is InChI=1S/C16H17N3O/c1-19(2)14-8-4-7-12-15(14)11-6-3-5-10(16(17)20)9-13(11)18-12/h3-5,7-9,18H,6H2,1-2H3,(H2,17,20). The summed E-state index contributed by atoms with van der Waals surface area (Å²) in [7, 11) is 4.07. The fourth-order valence-electron chi connectivity index (χ4n) is 2.69. The summed E-state index contributed by atoms with van der Waals surface area (Å²) < 4.78 is 0. The van der Waals surface area contributed by atoms with Crippen LogP contribution in [0.15, 0.2) is 35.9 Å². The number of carbonyl (C=O) groups excluding carboxylic acids is 1. The number of rotatable bonds is 2. The van der Waals surface area contributed by atoms with E-state index in [0.717, 1.165) is 17.6 Å². The van der Waals surface area contributed by atoms with E-state index in [4.69, 9.17) is 5.73 Å². The third-order valence-corrected chi connectivity index (χ3v) is 3.62. The van der Waals surface area contributed by atoms with Crippen molar-refractivity contribution in [2.75, 3.05) is 19.0 Å². The summed E-state index contributed by atoms with van der Waals surface area (Å²) in [6.45, 7) is 0. The Labute approximate surface area is 117 Å². The summed E-state index contributed by atoms with van der Waals surface area (Å²) in [5.41, 5.74) is 10.3. The van der Waals surface area contributed by atoms with Gasteiger partial charge in [-0.1, -0.05) is 18.2 Å². The van der Waals surface area contributed by atoms with Gasteiger partial charge in [-0.05, 0) is 30.2 Å². The Kier molecular flexibility index (Phi) is 2.86. The fourth-order valence-corrected chi connectivity index (χ4v) is 2.69. The first kappa shape index (κ1) is 12.5. The van der Waals surface area contributed by atoms with E-state index < -0.39 is 5.91 Å². The van der Waals surface area contributed by atoms with Crippen molar-refractivity contribution in [1.29, 1.82) is 0 Å². The van der Waals surface area contributed by atoms with Crippen molar-refractivity contribution >= 4 is 28.6 Å². The molecule has 1 aromatic carbocycles. The molecule has 0 atom stereocenters. The van der Waals surface area contributed by atoms with Crippen LogP contribution in [-0.2, 0) is 11.2 Å². The van der Waals surface area contributed by atoms with E-state index in [2.05, 4.69) is 22.0 Å². The van der Waals surface area contributed by atoms with E-state index in [1.807, 2.05) is 32.3 Å². The molecule has 0 bridgehead atoms. The van der Waals surface area contributed by atoms with Gasteiger partial charge in [-0.15, -0.1) is 0 Å². The normalized spacial score (nSPS) is 13.8. The average Bonchev–Trinajstić information content (AvgIpc) is 2.62. The number of carbonyl (C=O) groups is 1. The number of nitrogens with two attached hydrogens (primary N) is 1. The van der Waals surface area contributed by atoms with Crippen LogP contribution in [0, 0.1) is 0 Å².